The molecule has 1 aromatic heterocycles. The number of aryl methyl sites for hydroxylation is 1. The third-order valence-corrected chi connectivity index (χ3v) is 2.71. The minimum Gasteiger partial charge on any atom is -0.309 e. The zero-order chi connectivity index (χ0) is 9.80. The monoisotopic (exact) mass is 189 g/mol. The van der Waals surface area contributed by atoms with Gasteiger partial charge in [0.05, 0.1) is 6.20 Å². The quantitative estimate of drug-likeness (QED) is 0.557. The number of nitrogens with one attached hydrogen (secondary N) is 2. The van der Waals surface area contributed by atoms with Gasteiger partial charge in [0.1, 0.15) is 0 Å². The smallest absolute Gasteiger partial charge is 0.0538 e. The molecule has 2 N–H and O–H groups in total. The van der Waals surface area contributed by atoms with Crippen LogP contribution in [0.1, 0.15) is 36.6 Å². The fourth-order valence-corrected chi connectivity index (χ4v) is 1.99. The number of terminal acetylenes is 1. The first-order chi connectivity index (χ1) is 6.92. The molecular formula is C11H15N3. The number of aromatic nitrogens is 2. The maximum Gasteiger partial charge on any atom is 0.0538 e. The van der Waals surface area contributed by atoms with E-state index >= 15 is 0 Å². The Balaban J connectivity index is 1.99. The number of rotatable bonds is 3. The van der Waals surface area contributed by atoms with Crippen molar-refractivity contribution in [2.75, 3.05) is 6.54 Å². The Morgan fingerprint density at radius 2 is 2.64 bits per heavy atom. The zero-order valence-corrected chi connectivity index (χ0v) is 8.21. The average Bonchev–Trinajstić information content (AvgIpc) is 2.67. The van der Waals surface area contributed by atoms with E-state index in [0.717, 1.165) is 19.4 Å². The lowest BCUT2D eigenvalue weighted by Gasteiger charge is -2.22. The van der Waals surface area contributed by atoms with Crippen molar-refractivity contribution in [2.24, 2.45) is 0 Å². The third kappa shape index (κ3) is 1.80. The largest absolute Gasteiger partial charge is 0.309 e. The van der Waals surface area contributed by atoms with Crippen LogP contribution in [0.2, 0.25) is 0 Å². The number of hydrogen-bond acceptors (Lipinski definition) is 2. The number of H-pyrrole nitrogens is 1. The molecule has 14 heavy (non-hydrogen) atoms. The lowest BCUT2D eigenvalue weighted by atomic mass is 9.93. The van der Waals surface area contributed by atoms with Crippen molar-refractivity contribution in [3.8, 4) is 12.3 Å². The van der Waals surface area contributed by atoms with Crippen LogP contribution in [0.15, 0.2) is 6.20 Å². The van der Waals surface area contributed by atoms with Crippen LogP contribution in [0.3, 0.4) is 0 Å². The van der Waals surface area contributed by atoms with Crippen LogP contribution < -0.4 is 5.32 Å². The van der Waals surface area contributed by atoms with Crippen LogP contribution in [0.5, 0.6) is 0 Å². The van der Waals surface area contributed by atoms with Crippen LogP contribution in [0, 0.1) is 12.3 Å². The molecule has 1 unspecified atom stereocenters. The Hall–Kier alpha value is -1.27. The summed E-state index contributed by atoms with van der Waals surface area (Å²) in [7, 11) is 0. The molecule has 0 saturated heterocycles. The fraction of sp³-hybridized carbons (Fsp3) is 0.545. The summed E-state index contributed by atoms with van der Waals surface area (Å²) in [6.45, 7) is 0.895. The van der Waals surface area contributed by atoms with E-state index in [-0.39, 0.29) is 0 Å². The van der Waals surface area contributed by atoms with E-state index in [9.17, 15) is 0 Å². The van der Waals surface area contributed by atoms with Crippen molar-refractivity contribution < 1.29 is 0 Å². The summed E-state index contributed by atoms with van der Waals surface area (Å²) >= 11 is 0. The third-order valence-electron chi connectivity index (χ3n) is 2.71. The molecule has 0 amide bonds. The lowest BCUT2D eigenvalue weighted by molar-refractivity contribution is 0.464. The van der Waals surface area contributed by atoms with Gasteiger partial charge < -0.3 is 5.32 Å². The van der Waals surface area contributed by atoms with E-state index in [1.54, 1.807) is 0 Å². The highest BCUT2D eigenvalue weighted by Crippen LogP contribution is 2.27. The van der Waals surface area contributed by atoms with Crippen LogP contribution in [-0.4, -0.2) is 16.7 Å². The summed E-state index contributed by atoms with van der Waals surface area (Å²) in [6, 6.07) is 0.450. The maximum absolute atomic E-state index is 5.21. The first-order valence-corrected chi connectivity index (χ1v) is 5.11. The molecular weight excluding hydrogens is 174 g/mol. The standard InChI is InChI=1S/C11H15N3/c1-2-3-7-12-10-5-4-6-11-9(10)8-13-14-11/h1,8,10,12H,3-7H2,(H,13,14). The molecule has 1 aliphatic rings. The molecule has 0 radical (unpaired) electrons. The van der Waals surface area contributed by atoms with Gasteiger partial charge in [-0.15, -0.1) is 12.3 Å². The Kier molecular flexibility index (Phi) is 2.85. The van der Waals surface area contributed by atoms with Crippen molar-refractivity contribution in [1.82, 2.24) is 15.5 Å². The van der Waals surface area contributed by atoms with E-state index < -0.39 is 0 Å². The molecule has 0 spiro atoms. The van der Waals surface area contributed by atoms with Crippen molar-refractivity contribution >= 4 is 0 Å². The summed E-state index contributed by atoms with van der Waals surface area (Å²) in [4.78, 5) is 0. The van der Waals surface area contributed by atoms with Crippen LogP contribution in [-0.2, 0) is 6.42 Å². The summed E-state index contributed by atoms with van der Waals surface area (Å²) in [6.07, 6.45) is 11.5. The first kappa shape index (κ1) is 9.29. The average molecular weight is 189 g/mol. The van der Waals surface area contributed by atoms with Crippen molar-refractivity contribution in [2.45, 2.75) is 31.7 Å². The molecule has 3 nitrogen and oxygen atoms in total. The first-order valence-electron chi connectivity index (χ1n) is 5.11. The second kappa shape index (κ2) is 4.30. The Morgan fingerprint density at radius 1 is 1.71 bits per heavy atom. The molecule has 1 heterocycles. The predicted octanol–water partition coefficient (Wildman–Crippen LogP) is 1.40. The molecule has 3 heteroatoms. The summed E-state index contributed by atoms with van der Waals surface area (Å²) in [5, 5.41) is 10.6. The van der Waals surface area contributed by atoms with Gasteiger partial charge in [0.15, 0.2) is 0 Å². The normalized spacial score (nSPS) is 20.1. The Labute approximate surface area is 84.3 Å². The summed E-state index contributed by atoms with van der Waals surface area (Å²) in [5.41, 5.74) is 2.61. The molecule has 74 valence electrons. The number of aromatic amines is 1. The maximum atomic E-state index is 5.21. The van der Waals surface area contributed by atoms with Gasteiger partial charge in [0.25, 0.3) is 0 Å². The highest BCUT2D eigenvalue weighted by molar-refractivity contribution is 5.23. The second-order valence-electron chi connectivity index (χ2n) is 3.66. The number of hydrogen-bond donors (Lipinski definition) is 2. The highest BCUT2D eigenvalue weighted by atomic mass is 15.1. The van der Waals surface area contributed by atoms with Gasteiger partial charge in [-0.1, -0.05) is 0 Å². The van der Waals surface area contributed by atoms with Crippen molar-refractivity contribution in [3.63, 3.8) is 0 Å². The summed E-state index contributed by atoms with van der Waals surface area (Å²) < 4.78 is 0. The van der Waals surface area contributed by atoms with E-state index in [1.165, 1.54) is 24.1 Å². The van der Waals surface area contributed by atoms with Gasteiger partial charge in [-0.2, -0.15) is 5.10 Å². The molecule has 0 saturated carbocycles. The van der Waals surface area contributed by atoms with E-state index in [2.05, 4.69) is 21.4 Å². The van der Waals surface area contributed by atoms with Gasteiger partial charge in [-0.3, -0.25) is 5.10 Å². The minimum atomic E-state index is 0.450. The van der Waals surface area contributed by atoms with Crippen molar-refractivity contribution in [3.05, 3.63) is 17.5 Å². The van der Waals surface area contributed by atoms with Gasteiger partial charge in [-0.25, -0.2) is 0 Å². The van der Waals surface area contributed by atoms with Crippen molar-refractivity contribution in [1.29, 1.82) is 0 Å². The van der Waals surface area contributed by atoms with E-state index in [1.807, 2.05) is 6.20 Å². The van der Waals surface area contributed by atoms with Gasteiger partial charge in [0, 0.05) is 30.3 Å². The number of fused-ring (bicyclic) bond motifs is 1. The second-order valence-corrected chi connectivity index (χ2v) is 3.66. The van der Waals surface area contributed by atoms with E-state index in [4.69, 9.17) is 6.42 Å². The van der Waals surface area contributed by atoms with E-state index in [0.29, 0.717) is 6.04 Å². The molecule has 0 aromatic carbocycles. The van der Waals surface area contributed by atoms with Gasteiger partial charge in [0.2, 0.25) is 0 Å². The number of nitrogens with zero attached hydrogens (tertiary/aromatic N) is 1. The molecule has 1 aromatic rings. The Morgan fingerprint density at radius 3 is 3.50 bits per heavy atom. The highest BCUT2D eigenvalue weighted by Gasteiger charge is 2.20. The molecule has 1 atom stereocenters. The SMILES string of the molecule is C#CCCNC1CCCc2[nH]ncc21. The van der Waals surface area contributed by atoms with Crippen LogP contribution >= 0.6 is 0 Å². The van der Waals surface area contributed by atoms with Crippen LogP contribution in [0.4, 0.5) is 0 Å². The minimum absolute atomic E-state index is 0.450. The molecule has 1 aliphatic carbocycles. The van der Waals surface area contributed by atoms with Gasteiger partial charge >= 0.3 is 0 Å². The zero-order valence-electron chi connectivity index (χ0n) is 8.21. The molecule has 0 aliphatic heterocycles. The fourth-order valence-electron chi connectivity index (χ4n) is 1.99. The van der Waals surface area contributed by atoms with Gasteiger partial charge in [-0.05, 0) is 19.3 Å². The summed E-state index contributed by atoms with van der Waals surface area (Å²) in [5.74, 6) is 2.64. The topological polar surface area (TPSA) is 40.7 Å². The lowest BCUT2D eigenvalue weighted by Crippen LogP contribution is -2.25. The molecule has 0 fully saturated rings. The Bertz CT molecular complexity index is 335. The molecule has 0 bridgehead atoms. The predicted molar refractivity (Wildman–Crippen MR) is 55.7 cm³/mol. The molecule has 2 rings (SSSR count). The van der Waals surface area contributed by atoms with Crippen LogP contribution in [0.25, 0.3) is 0 Å².